The monoisotopic (exact) mass is 419 g/mol. The van der Waals surface area contributed by atoms with E-state index in [1.807, 2.05) is 36.4 Å². The van der Waals surface area contributed by atoms with Crippen molar-refractivity contribution in [3.8, 4) is 22.8 Å². The van der Waals surface area contributed by atoms with Crippen LogP contribution in [0.5, 0.6) is 11.5 Å². The molecule has 0 radical (unpaired) electrons. The first-order chi connectivity index (χ1) is 15.2. The number of nitrogens with zero attached hydrogens (tertiary/aromatic N) is 4. The molecule has 4 rings (SSSR count). The molecule has 0 bridgehead atoms. The van der Waals surface area contributed by atoms with E-state index in [0.29, 0.717) is 43.4 Å². The van der Waals surface area contributed by atoms with E-state index in [1.165, 1.54) is 0 Å². The summed E-state index contributed by atoms with van der Waals surface area (Å²) in [6, 6.07) is 17.2. The fraction of sp³-hybridized carbons (Fsp3) is 0.261. The van der Waals surface area contributed by atoms with Crippen molar-refractivity contribution >= 4 is 17.5 Å². The van der Waals surface area contributed by atoms with Crippen LogP contribution >= 0.6 is 0 Å². The highest BCUT2D eigenvalue weighted by Crippen LogP contribution is 2.30. The van der Waals surface area contributed by atoms with Crippen molar-refractivity contribution in [1.82, 2.24) is 14.9 Å². The van der Waals surface area contributed by atoms with Crippen LogP contribution in [0.2, 0.25) is 0 Å². The maximum absolute atomic E-state index is 12.7. The van der Waals surface area contributed by atoms with Gasteiger partial charge in [0.2, 0.25) is 0 Å². The lowest BCUT2D eigenvalue weighted by Crippen LogP contribution is -2.50. The van der Waals surface area contributed by atoms with Crippen molar-refractivity contribution in [3.63, 3.8) is 0 Å². The van der Waals surface area contributed by atoms with Gasteiger partial charge in [0.05, 0.1) is 19.9 Å². The lowest BCUT2D eigenvalue weighted by Gasteiger charge is -2.35. The molecule has 8 heteroatoms. The van der Waals surface area contributed by atoms with Crippen LogP contribution in [0, 0.1) is 0 Å². The minimum atomic E-state index is -0.139. The highest BCUT2D eigenvalue weighted by molar-refractivity contribution is 5.90. The number of hydrogen-bond donors (Lipinski definition) is 1. The van der Waals surface area contributed by atoms with Gasteiger partial charge in [-0.25, -0.2) is 14.8 Å². The number of piperazine rings is 1. The smallest absolute Gasteiger partial charge is 0.321 e. The van der Waals surface area contributed by atoms with Crippen LogP contribution in [0.1, 0.15) is 0 Å². The summed E-state index contributed by atoms with van der Waals surface area (Å²) in [5.41, 5.74) is 2.60. The molecule has 8 nitrogen and oxygen atoms in total. The molecule has 2 amide bonds. The van der Waals surface area contributed by atoms with Gasteiger partial charge in [-0.3, -0.25) is 0 Å². The molecule has 1 N–H and O–H groups in total. The van der Waals surface area contributed by atoms with E-state index in [2.05, 4.69) is 20.2 Å². The van der Waals surface area contributed by atoms with Crippen molar-refractivity contribution < 1.29 is 14.3 Å². The number of hydrogen-bond acceptors (Lipinski definition) is 6. The summed E-state index contributed by atoms with van der Waals surface area (Å²) in [5, 5.41) is 2.93. The first-order valence-corrected chi connectivity index (χ1v) is 10.1. The first kappa shape index (κ1) is 20.5. The molecule has 160 valence electrons. The van der Waals surface area contributed by atoms with Crippen molar-refractivity contribution in [1.29, 1.82) is 0 Å². The Morgan fingerprint density at radius 1 is 0.903 bits per heavy atom. The number of carbonyl (C=O) groups is 1. The topological polar surface area (TPSA) is 79.8 Å². The summed E-state index contributed by atoms with van der Waals surface area (Å²) in [6.45, 7) is 2.60. The molecular weight excluding hydrogens is 394 g/mol. The molecule has 3 aromatic rings. The highest BCUT2D eigenvalue weighted by Gasteiger charge is 2.22. The Balaban J connectivity index is 1.37. The molecule has 0 spiro atoms. The number of urea groups is 1. The van der Waals surface area contributed by atoms with Gasteiger partial charge in [-0.2, -0.15) is 0 Å². The first-order valence-electron chi connectivity index (χ1n) is 10.1. The molecule has 0 saturated carbocycles. The third-order valence-corrected chi connectivity index (χ3v) is 5.25. The van der Waals surface area contributed by atoms with E-state index >= 15 is 0 Å². The van der Waals surface area contributed by atoms with Crippen LogP contribution in [0.25, 0.3) is 11.3 Å². The van der Waals surface area contributed by atoms with Crippen LogP contribution in [-0.2, 0) is 0 Å². The van der Waals surface area contributed by atoms with Gasteiger partial charge in [0.1, 0.15) is 12.1 Å². The van der Waals surface area contributed by atoms with Crippen LogP contribution < -0.4 is 19.7 Å². The average molecular weight is 419 g/mol. The summed E-state index contributed by atoms with van der Waals surface area (Å²) in [5.74, 6) is 2.06. The van der Waals surface area contributed by atoms with Crippen LogP contribution in [0.3, 0.4) is 0 Å². The Morgan fingerprint density at radius 2 is 1.65 bits per heavy atom. The molecule has 31 heavy (non-hydrogen) atoms. The van der Waals surface area contributed by atoms with Gasteiger partial charge in [0.25, 0.3) is 0 Å². The minimum absolute atomic E-state index is 0.139. The maximum atomic E-state index is 12.7. The molecule has 0 unspecified atom stereocenters. The second-order valence-corrected chi connectivity index (χ2v) is 7.10. The van der Waals surface area contributed by atoms with E-state index in [-0.39, 0.29) is 6.03 Å². The molecule has 0 atom stereocenters. The van der Waals surface area contributed by atoms with Crippen LogP contribution in [0.15, 0.2) is 60.9 Å². The van der Waals surface area contributed by atoms with E-state index in [1.54, 1.807) is 43.6 Å². The van der Waals surface area contributed by atoms with Crippen molar-refractivity contribution in [2.75, 3.05) is 50.6 Å². The zero-order valence-electron chi connectivity index (χ0n) is 17.6. The Morgan fingerprint density at radius 3 is 2.35 bits per heavy atom. The average Bonchev–Trinajstić information content (AvgIpc) is 2.84. The van der Waals surface area contributed by atoms with Crippen molar-refractivity contribution in [3.05, 3.63) is 60.9 Å². The quantitative estimate of drug-likeness (QED) is 0.682. The molecule has 2 aromatic carbocycles. The summed E-state index contributed by atoms with van der Waals surface area (Å²) in [7, 11) is 3.15. The summed E-state index contributed by atoms with van der Waals surface area (Å²) < 4.78 is 10.5. The molecular formula is C23H25N5O3. The summed E-state index contributed by atoms with van der Waals surface area (Å²) >= 11 is 0. The van der Waals surface area contributed by atoms with Crippen LogP contribution in [0.4, 0.5) is 16.3 Å². The van der Waals surface area contributed by atoms with Crippen molar-refractivity contribution in [2.45, 2.75) is 0 Å². The van der Waals surface area contributed by atoms with Gasteiger partial charge in [0, 0.05) is 49.6 Å². The fourth-order valence-electron chi connectivity index (χ4n) is 3.54. The molecule has 1 aliphatic heterocycles. The van der Waals surface area contributed by atoms with Gasteiger partial charge < -0.3 is 24.6 Å². The fourth-order valence-corrected chi connectivity index (χ4v) is 3.54. The number of ether oxygens (including phenoxy) is 2. The summed E-state index contributed by atoms with van der Waals surface area (Å²) in [6.07, 6.45) is 1.59. The predicted molar refractivity (Wildman–Crippen MR) is 120 cm³/mol. The zero-order valence-corrected chi connectivity index (χ0v) is 17.6. The largest absolute Gasteiger partial charge is 0.493 e. The lowest BCUT2D eigenvalue weighted by molar-refractivity contribution is 0.208. The van der Waals surface area contributed by atoms with Gasteiger partial charge in [-0.05, 0) is 12.1 Å². The number of nitrogens with one attached hydrogen (secondary N) is 1. The number of benzene rings is 2. The van der Waals surface area contributed by atoms with E-state index in [0.717, 1.165) is 17.1 Å². The third-order valence-electron chi connectivity index (χ3n) is 5.25. The van der Waals surface area contributed by atoms with Crippen molar-refractivity contribution in [2.24, 2.45) is 0 Å². The molecule has 1 fully saturated rings. The highest BCUT2D eigenvalue weighted by atomic mass is 16.5. The van der Waals surface area contributed by atoms with Gasteiger partial charge in [-0.1, -0.05) is 30.3 Å². The Kier molecular flexibility index (Phi) is 6.16. The van der Waals surface area contributed by atoms with Gasteiger partial charge >= 0.3 is 6.03 Å². The van der Waals surface area contributed by atoms with Gasteiger partial charge in [-0.15, -0.1) is 0 Å². The Bertz CT molecular complexity index is 1040. The Hall–Kier alpha value is -3.81. The number of rotatable bonds is 5. The predicted octanol–water partition coefficient (Wildman–Crippen LogP) is 3.51. The van der Waals surface area contributed by atoms with Crippen LogP contribution in [-0.4, -0.2) is 61.3 Å². The zero-order chi connectivity index (χ0) is 21.6. The normalized spacial score (nSPS) is 13.6. The SMILES string of the molecule is COc1ccc(NC(=O)N2CCN(c3cc(-c4ccccc4)ncn3)CC2)cc1OC. The van der Waals surface area contributed by atoms with E-state index in [9.17, 15) is 4.79 Å². The minimum Gasteiger partial charge on any atom is -0.493 e. The maximum Gasteiger partial charge on any atom is 0.321 e. The van der Waals surface area contributed by atoms with E-state index < -0.39 is 0 Å². The number of aromatic nitrogens is 2. The van der Waals surface area contributed by atoms with Gasteiger partial charge in [0.15, 0.2) is 11.5 Å². The number of carbonyl (C=O) groups excluding carboxylic acids is 1. The number of methoxy groups -OCH3 is 2. The lowest BCUT2D eigenvalue weighted by atomic mass is 10.1. The van der Waals surface area contributed by atoms with E-state index in [4.69, 9.17) is 9.47 Å². The second kappa shape index (κ2) is 9.34. The molecule has 0 aliphatic carbocycles. The standard InChI is InChI=1S/C23H25N5O3/c1-30-20-9-8-18(14-21(20)31-2)26-23(29)28-12-10-27(11-13-28)22-15-19(24-16-25-22)17-6-4-3-5-7-17/h3-9,14-16H,10-13H2,1-2H3,(H,26,29). The third kappa shape index (κ3) is 4.69. The second-order valence-electron chi connectivity index (χ2n) is 7.10. The molecule has 1 aliphatic rings. The number of anilines is 2. The molecule has 1 saturated heterocycles. The Labute approximate surface area is 181 Å². The molecule has 2 heterocycles. The molecule has 1 aromatic heterocycles. The summed E-state index contributed by atoms with van der Waals surface area (Å²) in [4.78, 5) is 25.5. The number of amides is 2.